The van der Waals surface area contributed by atoms with Crippen LogP contribution < -0.4 is 4.74 Å². The van der Waals surface area contributed by atoms with Crippen LogP contribution >= 0.6 is 15.9 Å². The van der Waals surface area contributed by atoms with Gasteiger partial charge in [-0.1, -0.05) is 22.0 Å². The van der Waals surface area contributed by atoms with Gasteiger partial charge in [-0.2, -0.15) is 0 Å². The molecular formula is C10H10BrFO2. The zero-order valence-corrected chi connectivity index (χ0v) is 9.30. The Morgan fingerprint density at radius 1 is 1.57 bits per heavy atom. The molecule has 0 spiro atoms. The normalized spacial score (nSPS) is 9.93. The minimum Gasteiger partial charge on any atom is -0.463 e. The Balaban J connectivity index is 2.84. The minimum absolute atomic E-state index is 0.0878. The molecule has 0 amide bonds. The van der Waals surface area contributed by atoms with Gasteiger partial charge < -0.3 is 4.74 Å². The first-order valence-corrected chi connectivity index (χ1v) is 4.89. The minimum atomic E-state index is -0.849. The van der Waals surface area contributed by atoms with Gasteiger partial charge in [0.1, 0.15) is 11.5 Å². The molecule has 0 bridgehead atoms. The molecule has 0 atom stereocenters. The molecule has 0 saturated heterocycles. The quantitative estimate of drug-likeness (QED) is 0.833. The largest absolute Gasteiger partial charge is 0.463 e. The average molecular weight is 261 g/mol. The van der Waals surface area contributed by atoms with Crippen LogP contribution in [0, 0.1) is 0 Å². The number of carbonyl (C=O) groups excluding carboxylic acids is 1. The van der Waals surface area contributed by atoms with Crippen LogP contribution in [0.3, 0.4) is 0 Å². The summed E-state index contributed by atoms with van der Waals surface area (Å²) in [5.41, 5.74) is 0.878. The Morgan fingerprint density at radius 3 is 2.79 bits per heavy atom. The second-order valence-corrected chi connectivity index (χ2v) is 3.74. The van der Waals surface area contributed by atoms with Gasteiger partial charge in [-0.05, 0) is 24.6 Å². The van der Waals surface area contributed by atoms with E-state index in [0.717, 1.165) is 10.0 Å². The topological polar surface area (TPSA) is 26.3 Å². The molecule has 0 aliphatic carbocycles. The van der Waals surface area contributed by atoms with Crippen molar-refractivity contribution < 1.29 is 13.9 Å². The van der Waals surface area contributed by atoms with Crippen molar-refractivity contribution in [3.8, 4) is 5.75 Å². The Morgan fingerprint density at radius 2 is 2.29 bits per heavy atom. The van der Waals surface area contributed by atoms with Crippen LogP contribution in [-0.4, -0.2) is 12.6 Å². The molecule has 0 aliphatic heterocycles. The van der Waals surface area contributed by atoms with E-state index in [1.165, 1.54) is 6.92 Å². The maximum atomic E-state index is 11.8. The van der Waals surface area contributed by atoms with Crippen molar-refractivity contribution in [2.75, 3.05) is 6.86 Å². The van der Waals surface area contributed by atoms with Crippen LogP contribution in [0.5, 0.6) is 5.75 Å². The summed E-state index contributed by atoms with van der Waals surface area (Å²) in [7, 11) is 0. The van der Waals surface area contributed by atoms with Crippen LogP contribution in [0.2, 0.25) is 0 Å². The van der Waals surface area contributed by atoms with Crippen molar-refractivity contribution in [2.45, 2.75) is 13.3 Å². The second-order valence-electron chi connectivity index (χ2n) is 2.89. The van der Waals surface area contributed by atoms with E-state index in [4.69, 9.17) is 0 Å². The van der Waals surface area contributed by atoms with Crippen molar-refractivity contribution in [3.05, 3.63) is 28.2 Å². The summed E-state index contributed by atoms with van der Waals surface area (Å²) in [6.45, 7) is 0.677. The maximum Gasteiger partial charge on any atom is 0.228 e. The van der Waals surface area contributed by atoms with Gasteiger partial charge in [0.05, 0.1) is 0 Å². The summed E-state index contributed by atoms with van der Waals surface area (Å²) in [6, 6.07) is 5.04. The smallest absolute Gasteiger partial charge is 0.228 e. The monoisotopic (exact) mass is 260 g/mol. The molecule has 0 unspecified atom stereocenters. The molecule has 0 heterocycles. The first-order chi connectivity index (χ1) is 6.63. The van der Waals surface area contributed by atoms with Crippen LogP contribution in [0.25, 0.3) is 0 Å². The molecule has 0 aromatic heterocycles. The molecule has 1 aromatic rings. The van der Waals surface area contributed by atoms with Gasteiger partial charge in [-0.25, -0.2) is 4.39 Å². The summed E-state index contributed by atoms with van der Waals surface area (Å²) in [5.74, 6) is 0.538. The zero-order valence-electron chi connectivity index (χ0n) is 7.72. The van der Waals surface area contributed by atoms with Crippen LogP contribution in [0.1, 0.15) is 12.5 Å². The van der Waals surface area contributed by atoms with Crippen LogP contribution in [0.4, 0.5) is 4.39 Å². The summed E-state index contributed by atoms with van der Waals surface area (Å²) < 4.78 is 17.3. The van der Waals surface area contributed by atoms with Gasteiger partial charge in [0.15, 0.2) is 0 Å². The molecule has 0 fully saturated rings. The first-order valence-electron chi connectivity index (χ1n) is 4.10. The molecule has 14 heavy (non-hydrogen) atoms. The second kappa shape index (κ2) is 5.10. The number of Topliss-reactive ketones (excluding diaryl/α,β-unsaturated/α-hetero) is 1. The molecule has 1 aromatic carbocycles. The Bertz CT molecular complexity index is 339. The number of ether oxygens (including phenoxy) is 1. The van der Waals surface area contributed by atoms with Gasteiger partial charge in [0.2, 0.25) is 6.86 Å². The molecule has 76 valence electrons. The third kappa shape index (κ3) is 3.10. The molecule has 4 heteroatoms. The van der Waals surface area contributed by atoms with Crippen LogP contribution in [-0.2, 0) is 11.2 Å². The highest BCUT2D eigenvalue weighted by molar-refractivity contribution is 9.10. The molecular weight excluding hydrogens is 251 g/mol. The third-order valence-corrected chi connectivity index (χ3v) is 2.42. The lowest BCUT2D eigenvalue weighted by molar-refractivity contribution is -0.116. The Labute approximate surface area is 90.2 Å². The number of carbonyl (C=O) groups is 1. The lowest BCUT2D eigenvalue weighted by Gasteiger charge is -2.05. The van der Waals surface area contributed by atoms with Gasteiger partial charge in [0.25, 0.3) is 0 Å². The summed E-state index contributed by atoms with van der Waals surface area (Å²) in [4.78, 5) is 10.9. The van der Waals surface area contributed by atoms with E-state index in [1.807, 2.05) is 0 Å². The van der Waals surface area contributed by atoms with Crippen molar-refractivity contribution in [1.29, 1.82) is 0 Å². The Hall–Kier alpha value is -0.900. The fraction of sp³-hybridized carbons (Fsp3) is 0.300. The number of benzene rings is 1. The van der Waals surface area contributed by atoms with E-state index in [9.17, 15) is 9.18 Å². The number of hydrogen-bond donors (Lipinski definition) is 0. The number of ketones is 1. The van der Waals surface area contributed by atoms with E-state index in [1.54, 1.807) is 18.2 Å². The molecule has 1 rings (SSSR count). The third-order valence-electron chi connectivity index (χ3n) is 1.69. The van der Waals surface area contributed by atoms with E-state index in [0.29, 0.717) is 12.2 Å². The maximum absolute atomic E-state index is 11.8. The van der Waals surface area contributed by atoms with Gasteiger partial charge in [-0.3, -0.25) is 4.79 Å². The van der Waals surface area contributed by atoms with Gasteiger partial charge in [-0.15, -0.1) is 0 Å². The van der Waals surface area contributed by atoms with E-state index in [2.05, 4.69) is 20.7 Å². The molecule has 0 N–H and O–H groups in total. The number of hydrogen-bond acceptors (Lipinski definition) is 2. The van der Waals surface area contributed by atoms with Crippen molar-refractivity contribution >= 4 is 21.7 Å². The summed E-state index contributed by atoms with van der Waals surface area (Å²) in [6.07, 6.45) is 0.372. The summed E-state index contributed by atoms with van der Waals surface area (Å²) >= 11 is 3.29. The molecule has 0 saturated carbocycles. The molecule has 0 aliphatic rings. The van der Waals surface area contributed by atoms with Gasteiger partial charge in [0, 0.05) is 10.9 Å². The predicted molar refractivity (Wildman–Crippen MR) is 55.1 cm³/mol. The highest BCUT2D eigenvalue weighted by atomic mass is 79.9. The van der Waals surface area contributed by atoms with Gasteiger partial charge >= 0.3 is 0 Å². The highest BCUT2D eigenvalue weighted by Gasteiger charge is 2.04. The average Bonchev–Trinajstić information content (AvgIpc) is 2.10. The number of halogens is 2. The fourth-order valence-corrected chi connectivity index (χ4v) is 1.59. The number of rotatable bonds is 4. The van der Waals surface area contributed by atoms with E-state index in [-0.39, 0.29) is 5.78 Å². The summed E-state index contributed by atoms with van der Waals surface area (Å²) in [5, 5.41) is 0. The highest BCUT2D eigenvalue weighted by Crippen LogP contribution is 2.23. The SMILES string of the molecule is CC(=O)Cc1ccc(OCF)cc1Br. The van der Waals surface area contributed by atoms with Crippen molar-refractivity contribution in [2.24, 2.45) is 0 Å². The van der Waals surface area contributed by atoms with Crippen LogP contribution in [0.15, 0.2) is 22.7 Å². The predicted octanol–water partition coefficient (Wildman–Crippen LogP) is 2.89. The molecule has 0 radical (unpaired) electrons. The lowest BCUT2D eigenvalue weighted by atomic mass is 10.1. The van der Waals surface area contributed by atoms with E-state index < -0.39 is 6.86 Å². The van der Waals surface area contributed by atoms with Crippen molar-refractivity contribution in [3.63, 3.8) is 0 Å². The van der Waals surface area contributed by atoms with E-state index >= 15 is 0 Å². The Kier molecular flexibility index (Phi) is 4.07. The lowest BCUT2D eigenvalue weighted by Crippen LogP contribution is -1.98. The zero-order chi connectivity index (χ0) is 10.6. The standard InChI is InChI=1S/C10H10BrFO2/c1-7(13)4-8-2-3-9(14-6-12)5-10(8)11/h2-3,5H,4,6H2,1H3. The fourth-order valence-electron chi connectivity index (χ4n) is 1.09. The first kappa shape index (κ1) is 11.2. The van der Waals surface area contributed by atoms with Crippen molar-refractivity contribution in [1.82, 2.24) is 0 Å². The number of alkyl halides is 1. The molecule has 2 nitrogen and oxygen atoms in total.